The van der Waals surface area contributed by atoms with Gasteiger partial charge in [-0.1, -0.05) is 58.5 Å². The predicted octanol–water partition coefficient (Wildman–Crippen LogP) is 3.52. The molecular formula is C17H13BrN2O2S. The van der Waals surface area contributed by atoms with Crippen molar-refractivity contribution in [1.29, 1.82) is 0 Å². The van der Waals surface area contributed by atoms with Gasteiger partial charge in [-0.15, -0.1) is 0 Å². The molecule has 0 saturated carbocycles. The van der Waals surface area contributed by atoms with Crippen LogP contribution in [0.1, 0.15) is 11.1 Å². The maximum atomic E-state index is 11.2. The Kier molecular flexibility index (Phi) is 4.54. The average Bonchev–Trinajstić information content (AvgIpc) is 2.66. The second kappa shape index (κ2) is 6.60. The minimum absolute atomic E-state index is 0.176. The van der Waals surface area contributed by atoms with Crippen molar-refractivity contribution in [1.82, 2.24) is 0 Å². The molecule has 3 rings (SSSR count). The van der Waals surface area contributed by atoms with E-state index in [1.165, 1.54) is 0 Å². The normalized spacial score (nSPS) is 14.0. The van der Waals surface area contributed by atoms with E-state index in [1.54, 1.807) is 4.90 Å². The summed E-state index contributed by atoms with van der Waals surface area (Å²) in [6.07, 6.45) is 0. The Morgan fingerprint density at radius 3 is 2.70 bits per heavy atom. The number of aliphatic imine (C=N–C) groups is 1. The van der Waals surface area contributed by atoms with Crippen molar-refractivity contribution in [3.63, 3.8) is 0 Å². The second-order valence-electron chi connectivity index (χ2n) is 5.07. The minimum Gasteiger partial charge on any atom is -0.480 e. The summed E-state index contributed by atoms with van der Waals surface area (Å²) in [6, 6.07) is 15.5. The van der Waals surface area contributed by atoms with Crippen LogP contribution in [0, 0.1) is 0 Å². The van der Waals surface area contributed by atoms with Crippen molar-refractivity contribution < 1.29 is 9.90 Å². The fraction of sp³-hybridized carbons (Fsp3) is 0.118. The molecule has 1 heterocycles. The maximum absolute atomic E-state index is 11.2. The first kappa shape index (κ1) is 15.8. The first-order valence-corrected chi connectivity index (χ1v) is 8.18. The number of hydrogen-bond donors (Lipinski definition) is 1. The number of fused-ring (bicyclic) bond motifs is 1. The molecule has 0 aromatic heterocycles. The molecule has 1 aliphatic rings. The summed E-state index contributed by atoms with van der Waals surface area (Å²) >= 11 is 8.87. The molecule has 0 amide bonds. The Hall–Kier alpha value is -2.05. The van der Waals surface area contributed by atoms with Crippen LogP contribution < -0.4 is 4.90 Å². The Balaban J connectivity index is 2.18. The summed E-state index contributed by atoms with van der Waals surface area (Å²) in [4.78, 5) is 18.0. The molecule has 1 N–H and O–H groups in total. The van der Waals surface area contributed by atoms with Crippen molar-refractivity contribution in [2.24, 2.45) is 4.99 Å². The molecule has 0 spiro atoms. The van der Waals surface area contributed by atoms with Gasteiger partial charge in [0.2, 0.25) is 0 Å². The molecule has 0 aliphatic carbocycles. The van der Waals surface area contributed by atoms with Crippen LogP contribution in [0.5, 0.6) is 0 Å². The van der Waals surface area contributed by atoms with Crippen molar-refractivity contribution in [2.45, 2.75) is 0 Å². The van der Waals surface area contributed by atoms with Gasteiger partial charge in [-0.2, -0.15) is 0 Å². The predicted molar refractivity (Wildman–Crippen MR) is 98.7 cm³/mol. The van der Waals surface area contributed by atoms with Crippen molar-refractivity contribution in [3.8, 4) is 0 Å². The van der Waals surface area contributed by atoms with E-state index in [-0.39, 0.29) is 6.54 Å². The van der Waals surface area contributed by atoms with E-state index >= 15 is 0 Å². The molecular weight excluding hydrogens is 376 g/mol. The summed E-state index contributed by atoms with van der Waals surface area (Å²) in [6.45, 7) is 0.115. The lowest BCUT2D eigenvalue weighted by atomic mass is 10.0. The monoisotopic (exact) mass is 388 g/mol. The second-order valence-corrected chi connectivity index (χ2v) is 6.45. The molecule has 1 aliphatic heterocycles. The highest BCUT2D eigenvalue weighted by Crippen LogP contribution is 2.30. The van der Waals surface area contributed by atoms with Gasteiger partial charge in [-0.05, 0) is 18.2 Å². The third kappa shape index (κ3) is 3.33. The fourth-order valence-electron chi connectivity index (χ4n) is 2.54. The van der Waals surface area contributed by atoms with Crippen LogP contribution in [0.15, 0.2) is 58.0 Å². The molecule has 2 aromatic carbocycles. The molecule has 0 atom stereocenters. The first-order chi connectivity index (χ1) is 11.1. The molecule has 0 fully saturated rings. The molecule has 0 unspecified atom stereocenters. The first-order valence-electron chi connectivity index (χ1n) is 6.98. The average molecular weight is 389 g/mol. The molecule has 0 radical (unpaired) electrons. The van der Waals surface area contributed by atoms with Crippen LogP contribution in [0.3, 0.4) is 0 Å². The van der Waals surface area contributed by atoms with Gasteiger partial charge in [-0.25, -0.2) is 0 Å². The van der Waals surface area contributed by atoms with Gasteiger partial charge in [0.05, 0.1) is 17.9 Å². The largest absolute Gasteiger partial charge is 0.480 e. The van der Waals surface area contributed by atoms with Crippen LogP contribution in [-0.4, -0.2) is 34.9 Å². The number of halogens is 1. The van der Waals surface area contributed by atoms with Gasteiger partial charge in [0.15, 0.2) is 0 Å². The number of benzodiazepines with no additional fused rings is 1. The zero-order chi connectivity index (χ0) is 16.4. The third-order valence-electron chi connectivity index (χ3n) is 3.52. The Labute approximate surface area is 147 Å². The number of aliphatic carboxylic acids is 1. The van der Waals surface area contributed by atoms with Crippen LogP contribution in [0.2, 0.25) is 0 Å². The summed E-state index contributed by atoms with van der Waals surface area (Å²) in [5, 5.41) is 9.19. The summed E-state index contributed by atoms with van der Waals surface area (Å²) < 4.78 is 0.906. The van der Waals surface area contributed by atoms with Crippen LogP contribution in [0.4, 0.5) is 5.69 Å². The van der Waals surface area contributed by atoms with Gasteiger partial charge >= 0.3 is 5.97 Å². The Bertz CT molecular complexity index is 805. The number of nitrogens with zero attached hydrogens (tertiary/aromatic N) is 2. The lowest BCUT2D eigenvalue weighted by Crippen LogP contribution is -2.35. The third-order valence-corrected chi connectivity index (χ3v) is 4.36. The number of carboxylic acids is 1. The summed E-state index contributed by atoms with van der Waals surface area (Å²) in [7, 11) is 0. The number of thiocarbonyl (C=S) groups is 1. The van der Waals surface area contributed by atoms with Gasteiger partial charge in [0.25, 0.3) is 0 Å². The van der Waals surface area contributed by atoms with E-state index < -0.39 is 5.97 Å². The molecule has 6 heteroatoms. The van der Waals surface area contributed by atoms with E-state index in [0.29, 0.717) is 11.5 Å². The van der Waals surface area contributed by atoms with Crippen LogP contribution in [-0.2, 0) is 4.79 Å². The lowest BCUT2D eigenvalue weighted by molar-refractivity contribution is -0.135. The van der Waals surface area contributed by atoms with Gasteiger partial charge < -0.3 is 10.0 Å². The quantitative estimate of drug-likeness (QED) is 0.817. The zero-order valence-electron chi connectivity index (χ0n) is 12.1. The molecule has 0 bridgehead atoms. The van der Waals surface area contributed by atoms with E-state index in [0.717, 1.165) is 27.0 Å². The van der Waals surface area contributed by atoms with E-state index in [9.17, 15) is 9.90 Å². The Morgan fingerprint density at radius 2 is 2.00 bits per heavy atom. The summed E-state index contributed by atoms with van der Waals surface area (Å²) in [5.41, 5.74) is 3.43. The standard InChI is InChI=1S/C17H13BrN2O2S/c18-12-6-7-14-13(8-12)17(11-4-2-1-3-5-11)19-9-15(23)20(14)10-16(21)22/h1-8H,9-10H2,(H,21,22). The van der Waals surface area contributed by atoms with E-state index in [4.69, 9.17) is 12.2 Å². The van der Waals surface area contributed by atoms with Crippen LogP contribution >= 0.6 is 28.1 Å². The lowest BCUT2D eigenvalue weighted by Gasteiger charge is -2.23. The van der Waals surface area contributed by atoms with Crippen molar-refractivity contribution in [2.75, 3.05) is 18.0 Å². The minimum atomic E-state index is -0.927. The van der Waals surface area contributed by atoms with Gasteiger partial charge in [-0.3, -0.25) is 9.79 Å². The number of hydrogen-bond acceptors (Lipinski definition) is 3. The highest BCUT2D eigenvalue weighted by atomic mass is 79.9. The topological polar surface area (TPSA) is 52.9 Å². The molecule has 0 saturated heterocycles. The molecule has 116 valence electrons. The highest BCUT2D eigenvalue weighted by molar-refractivity contribution is 9.10. The molecule has 4 nitrogen and oxygen atoms in total. The van der Waals surface area contributed by atoms with Crippen LogP contribution in [0.25, 0.3) is 0 Å². The number of benzene rings is 2. The highest BCUT2D eigenvalue weighted by Gasteiger charge is 2.24. The van der Waals surface area contributed by atoms with Crippen molar-refractivity contribution in [3.05, 3.63) is 64.1 Å². The SMILES string of the molecule is O=C(O)CN1C(=S)CN=C(c2ccccc2)c2cc(Br)ccc21. The fourth-order valence-corrected chi connectivity index (χ4v) is 3.12. The number of anilines is 1. The van der Waals surface area contributed by atoms with Gasteiger partial charge in [0, 0.05) is 15.6 Å². The Morgan fingerprint density at radius 1 is 1.26 bits per heavy atom. The molecule has 2 aromatic rings. The number of rotatable bonds is 3. The summed E-state index contributed by atoms with van der Waals surface area (Å²) in [5.74, 6) is -0.927. The number of carbonyl (C=O) groups is 1. The number of carboxylic acid groups (broad SMARTS) is 1. The van der Waals surface area contributed by atoms with Crippen molar-refractivity contribution >= 4 is 50.5 Å². The smallest absolute Gasteiger partial charge is 0.323 e. The zero-order valence-corrected chi connectivity index (χ0v) is 14.5. The molecule has 23 heavy (non-hydrogen) atoms. The van der Waals surface area contributed by atoms with Gasteiger partial charge in [0.1, 0.15) is 11.5 Å². The maximum Gasteiger partial charge on any atom is 0.323 e. The van der Waals surface area contributed by atoms with E-state index in [2.05, 4.69) is 20.9 Å². The van der Waals surface area contributed by atoms with E-state index in [1.807, 2.05) is 48.5 Å².